The molecule has 0 aliphatic heterocycles. The fourth-order valence-corrected chi connectivity index (χ4v) is 2.39. The van der Waals surface area contributed by atoms with Crippen LogP contribution in [-0.2, 0) is 4.74 Å². The zero-order chi connectivity index (χ0) is 13.7. The molecular weight excluding hydrogens is 260 g/mol. The maximum atomic E-state index is 11.9. The summed E-state index contributed by atoms with van der Waals surface area (Å²) in [5.74, 6) is 1.18. The molecule has 1 aliphatic rings. The summed E-state index contributed by atoms with van der Waals surface area (Å²) in [6.07, 6.45) is 6.59. The van der Waals surface area contributed by atoms with Gasteiger partial charge in [0, 0.05) is 10.6 Å². The fraction of sp³-hybridized carbons (Fsp3) is 0.438. The predicted octanol–water partition coefficient (Wildman–Crippen LogP) is 4.14. The summed E-state index contributed by atoms with van der Waals surface area (Å²) < 4.78 is 5.57. The van der Waals surface area contributed by atoms with E-state index in [1.807, 2.05) is 0 Å². The van der Waals surface area contributed by atoms with Crippen LogP contribution in [0.2, 0.25) is 5.02 Å². The second kappa shape index (κ2) is 6.88. The van der Waals surface area contributed by atoms with E-state index >= 15 is 0 Å². The van der Waals surface area contributed by atoms with Crippen LogP contribution in [0.15, 0.2) is 36.4 Å². The Morgan fingerprint density at radius 3 is 2.63 bits per heavy atom. The lowest BCUT2D eigenvalue weighted by Gasteiger charge is -2.24. The number of hydrogen-bond donors (Lipinski definition) is 0. The number of carbonyl (C=O) groups is 1. The number of ketones is 1. The maximum absolute atomic E-state index is 11.9. The molecule has 0 aromatic heterocycles. The first-order valence-electron chi connectivity index (χ1n) is 6.68. The Labute approximate surface area is 119 Å². The van der Waals surface area contributed by atoms with E-state index in [9.17, 15) is 4.79 Å². The quantitative estimate of drug-likeness (QED) is 0.598. The average Bonchev–Trinajstić information content (AvgIpc) is 2.41. The normalized spacial score (nSPS) is 22.4. The summed E-state index contributed by atoms with van der Waals surface area (Å²) in [7, 11) is 0. The first kappa shape index (κ1) is 14.3. The van der Waals surface area contributed by atoms with Crippen LogP contribution >= 0.6 is 11.6 Å². The van der Waals surface area contributed by atoms with Gasteiger partial charge in [0.2, 0.25) is 0 Å². The second-order valence-corrected chi connectivity index (χ2v) is 5.56. The number of ether oxygens (including phenoxy) is 1. The number of benzene rings is 1. The van der Waals surface area contributed by atoms with E-state index in [0.717, 1.165) is 12.8 Å². The molecule has 0 bridgehead atoms. The summed E-state index contributed by atoms with van der Waals surface area (Å²) in [5, 5.41) is 0.639. The van der Waals surface area contributed by atoms with Crippen LogP contribution in [-0.4, -0.2) is 19.0 Å². The van der Waals surface area contributed by atoms with Crippen LogP contribution in [0.4, 0.5) is 0 Å². The Kier molecular flexibility index (Phi) is 5.17. The summed E-state index contributed by atoms with van der Waals surface area (Å²) >= 11 is 5.79. The molecule has 2 nitrogen and oxygen atoms in total. The number of halogens is 1. The molecule has 0 radical (unpaired) electrons. The van der Waals surface area contributed by atoms with Gasteiger partial charge in [-0.25, -0.2) is 0 Å². The first-order valence-corrected chi connectivity index (χ1v) is 7.06. The largest absolute Gasteiger partial charge is 0.373 e. The second-order valence-electron chi connectivity index (χ2n) is 5.13. The highest BCUT2D eigenvalue weighted by molar-refractivity contribution is 6.30. The lowest BCUT2D eigenvalue weighted by atomic mass is 9.85. The molecule has 2 unspecified atom stereocenters. The highest BCUT2D eigenvalue weighted by atomic mass is 35.5. The Morgan fingerprint density at radius 2 is 1.95 bits per heavy atom. The topological polar surface area (TPSA) is 26.3 Å². The zero-order valence-electron chi connectivity index (χ0n) is 11.1. The van der Waals surface area contributed by atoms with Crippen LogP contribution in [0.3, 0.4) is 0 Å². The Bertz CT molecular complexity index is 450. The molecule has 0 amide bonds. The molecule has 1 aromatic carbocycles. The number of carbonyl (C=O) groups excluding carboxylic acids is 1. The molecule has 0 saturated heterocycles. The SMILES string of the molecule is CC1CC=CCC1COCC(=O)c1ccc(Cl)cc1. The van der Waals surface area contributed by atoms with E-state index in [1.54, 1.807) is 24.3 Å². The van der Waals surface area contributed by atoms with Crippen molar-refractivity contribution in [3.05, 3.63) is 47.0 Å². The molecule has 1 aliphatic carbocycles. The van der Waals surface area contributed by atoms with Crippen molar-refractivity contribution in [1.82, 2.24) is 0 Å². The molecule has 102 valence electrons. The Balaban J connectivity index is 1.77. The number of hydrogen-bond acceptors (Lipinski definition) is 2. The monoisotopic (exact) mass is 278 g/mol. The third-order valence-electron chi connectivity index (χ3n) is 3.65. The van der Waals surface area contributed by atoms with Gasteiger partial charge < -0.3 is 4.74 Å². The molecule has 19 heavy (non-hydrogen) atoms. The van der Waals surface area contributed by atoms with E-state index in [2.05, 4.69) is 19.1 Å². The van der Waals surface area contributed by atoms with Gasteiger partial charge in [-0.1, -0.05) is 30.7 Å². The predicted molar refractivity (Wildman–Crippen MR) is 77.6 cm³/mol. The number of Topliss-reactive ketones (excluding diaryl/α,β-unsaturated/α-hetero) is 1. The number of rotatable bonds is 5. The van der Waals surface area contributed by atoms with Crippen LogP contribution in [0, 0.1) is 11.8 Å². The molecule has 0 fully saturated rings. The van der Waals surface area contributed by atoms with Crippen LogP contribution in [0.1, 0.15) is 30.1 Å². The van der Waals surface area contributed by atoms with E-state index in [1.165, 1.54) is 0 Å². The van der Waals surface area contributed by atoms with Gasteiger partial charge in [0.25, 0.3) is 0 Å². The Hall–Kier alpha value is -1.12. The zero-order valence-corrected chi connectivity index (χ0v) is 11.9. The standard InChI is InChI=1S/C16H19ClO2/c1-12-4-2-3-5-14(12)10-19-11-16(18)13-6-8-15(17)9-7-13/h2-3,6-9,12,14H,4-5,10-11H2,1H3. The molecular formula is C16H19ClO2. The lowest BCUT2D eigenvalue weighted by Crippen LogP contribution is -2.21. The maximum Gasteiger partial charge on any atom is 0.188 e. The van der Waals surface area contributed by atoms with Gasteiger partial charge in [0.1, 0.15) is 6.61 Å². The van der Waals surface area contributed by atoms with Crippen molar-refractivity contribution < 1.29 is 9.53 Å². The van der Waals surface area contributed by atoms with Crippen molar-refractivity contribution in [1.29, 1.82) is 0 Å². The van der Waals surface area contributed by atoms with Gasteiger partial charge in [0.15, 0.2) is 5.78 Å². The van der Waals surface area contributed by atoms with E-state index in [4.69, 9.17) is 16.3 Å². The summed E-state index contributed by atoms with van der Waals surface area (Å²) in [4.78, 5) is 11.9. The Morgan fingerprint density at radius 1 is 1.26 bits per heavy atom. The minimum atomic E-state index is 0.00988. The van der Waals surface area contributed by atoms with E-state index in [-0.39, 0.29) is 12.4 Å². The van der Waals surface area contributed by atoms with Gasteiger partial charge >= 0.3 is 0 Å². The molecule has 0 spiro atoms. The summed E-state index contributed by atoms with van der Waals surface area (Å²) in [5.41, 5.74) is 0.654. The summed E-state index contributed by atoms with van der Waals surface area (Å²) in [6, 6.07) is 6.92. The summed E-state index contributed by atoms with van der Waals surface area (Å²) in [6.45, 7) is 3.04. The fourth-order valence-electron chi connectivity index (χ4n) is 2.26. The molecule has 0 heterocycles. The van der Waals surface area contributed by atoms with Crippen LogP contribution in [0.25, 0.3) is 0 Å². The van der Waals surface area contributed by atoms with Gasteiger partial charge in [0.05, 0.1) is 6.61 Å². The molecule has 0 N–H and O–H groups in total. The van der Waals surface area contributed by atoms with Crippen molar-refractivity contribution in [2.75, 3.05) is 13.2 Å². The van der Waals surface area contributed by atoms with Gasteiger partial charge in [-0.05, 0) is 48.9 Å². The smallest absolute Gasteiger partial charge is 0.188 e. The van der Waals surface area contributed by atoms with E-state index < -0.39 is 0 Å². The number of allylic oxidation sites excluding steroid dienone is 2. The molecule has 2 rings (SSSR count). The van der Waals surface area contributed by atoms with Crippen LogP contribution < -0.4 is 0 Å². The molecule has 2 atom stereocenters. The minimum Gasteiger partial charge on any atom is -0.373 e. The highest BCUT2D eigenvalue weighted by Crippen LogP contribution is 2.25. The third kappa shape index (κ3) is 4.19. The lowest BCUT2D eigenvalue weighted by molar-refractivity contribution is 0.0602. The van der Waals surface area contributed by atoms with Crippen molar-refractivity contribution >= 4 is 17.4 Å². The van der Waals surface area contributed by atoms with Gasteiger partial charge in [-0.15, -0.1) is 0 Å². The van der Waals surface area contributed by atoms with Gasteiger partial charge in [-0.2, -0.15) is 0 Å². The molecule has 0 saturated carbocycles. The first-order chi connectivity index (χ1) is 9.16. The van der Waals surface area contributed by atoms with Crippen LogP contribution in [0.5, 0.6) is 0 Å². The van der Waals surface area contributed by atoms with Crippen molar-refractivity contribution in [3.8, 4) is 0 Å². The highest BCUT2D eigenvalue weighted by Gasteiger charge is 2.18. The van der Waals surface area contributed by atoms with E-state index in [0.29, 0.717) is 29.0 Å². The van der Waals surface area contributed by atoms with Crippen molar-refractivity contribution in [3.63, 3.8) is 0 Å². The van der Waals surface area contributed by atoms with Crippen molar-refractivity contribution in [2.24, 2.45) is 11.8 Å². The molecule has 3 heteroatoms. The molecule has 1 aromatic rings. The van der Waals surface area contributed by atoms with Gasteiger partial charge in [-0.3, -0.25) is 4.79 Å². The van der Waals surface area contributed by atoms with Crippen molar-refractivity contribution in [2.45, 2.75) is 19.8 Å². The minimum absolute atomic E-state index is 0.00988. The third-order valence-corrected chi connectivity index (χ3v) is 3.90. The average molecular weight is 279 g/mol.